The molecule has 3 aromatic rings. The molecule has 1 amide bonds. The number of nitrogens with one attached hydrogen (secondary N) is 1. The Morgan fingerprint density at radius 2 is 1.92 bits per heavy atom. The van der Waals surface area contributed by atoms with Crippen LogP contribution in [0.15, 0.2) is 35.4 Å². The molecule has 36 heavy (non-hydrogen) atoms. The fraction of sp³-hybridized carbons (Fsp3) is 0.320. The van der Waals surface area contributed by atoms with Crippen molar-refractivity contribution in [2.75, 3.05) is 7.11 Å². The Morgan fingerprint density at radius 3 is 2.50 bits per heavy atom. The number of hydrogen-bond donors (Lipinski definition) is 1. The van der Waals surface area contributed by atoms with Crippen LogP contribution in [0.4, 0.5) is 5.69 Å². The quantitative estimate of drug-likeness (QED) is 0.245. The third-order valence-corrected chi connectivity index (χ3v) is 6.31. The first-order chi connectivity index (χ1) is 17.0. The summed E-state index contributed by atoms with van der Waals surface area (Å²) in [5, 5.41) is 20.1. The number of carbonyl (C=O) groups excluding carboxylic acids is 1. The third-order valence-electron chi connectivity index (χ3n) is 5.71. The highest BCUT2D eigenvalue weighted by Gasteiger charge is 2.26. The average Bonchev–Trinajstić information content (AvgIpc) is 3.14. The van der Waals surface area contributed by atoms with Crippen molar-refractivity contribution in [2.24, 2.45) is 5.10 Å². The van der Waals surface area contributed by atoms with Gasteiger partial charge in [-0.2, -0.15) is 10.2 Å². The molecule has 190 valence electrons. The molecule has 0 aliphatic rings. The second-order valence-electron chi connectivity index (χ2n) is 8.36. The molecule has 1 atom stereocenters. The summed E-state index contributed by atoms with van der Waals surface area (Å²) in [6.07, 6.45) is 1.49. The monoisotopic (exact) mass is 513 g/mol. The summed E-state index contributed by atoms with van der Waals surface area (Å²) >= 11 is 6.24. The Balaban J connectivity index is 1.70. The first-order valence-corrected chi connectivity index (χ1v) is 11.5. The highest BCUT2D eigenvalue weighted by molar-refractivity contribution is 6.32. The summed E-state index contributed by atoms with van der Waals surface area (Å²) in [5.41, 5.74) is 6.28. The number of benzene rings is 2. The molecule has 10 nitrogen and oxygen atoms in total. The van der Waals surface area contributed by atoms with Gasteiger partial charge in [-0.25, -0.2) is 5.43 Å². The Kier molecular flexibility index (Phi) is 8.31. The number of nitrogens with zero attached hydrogens (tertiary/aromatic N) is 4. The molecule has 11 heteroatoms. The van der Waals surface area contributed by atoms with E-state index in [9.17, 15) is 14.9 Å². The van der Waals surface area contributed by atoms with Gasteiger partial charge < -0.3 is 9.47 Å². The lowest BCUT2D eigenvalue weighted by molar-refractivity contribution is -0.386. The van der Waals surface area contributed by atoms with E-state index in [0.29, 0.717) is 27.8 Å². The molecule has 1 aromatic heterocycles. The van der Waals surface area contributed by atoms with Gasteiger partial charge in [-0.05, 0) is 81.6 Å². The zero-order valence-electron chi connectivity index (χ0n) is 21.0. The fourth-order valence-corrected chi connectivity index (χ4v) is 3.92. The van der Waals surface area contributed by atoms with Crippen LogP contribution in [0.1, 0.15) is 46.6 Å². The molecule has 0 fully saturated rings. The van der Waals surface area contributed by atoms with E-state index in [0.717, 1.165) is 16.7 Å². The molecule has 0 radical (unpaired) electrons. The molecule has 0 aliphatic heterocycles. The van der Waals surface area contributed by atoms with Crippen molar-refractivity contribution in [1.29, 1.82) is 0 Å². The van der Waals surface area contributed by atoms with E-state index in [4.69, 9.17) is 21.1 Å². The van der Waals surface area contributed by atoms with Crippen LogP contribution in [0.25, 0.3) is 0 Å². The van der Waals surface area contributed by atoms with Crippen LogP contribution in [0.3, 0.4) is 0 Å². The molecule has 3 rings (SSSR count). The third kappa shape index (κ3) is 5.83. The Bertz CT molecular complexity index is 1310. The Hall–Kier alpha value is -3.92. The molecular weight excluding hydrogens is 486 g/mol. The normalized spacial score (nSPS) is 12.0. The number of rotatable bonds is 9. The van der Waals surface area contributed by atoms with Crippen molar-refractivity contribution in [3.63, 3.8) is 0 Å². The van der Waals surface area contributed by atoms with Gasteiger partial charge >= 0.3 is 5.69 Å². The van der Waals surface area contributed by atoms with Crippen molar-refractivity contribution < 1.29 is 19.2 Å². The topological polar surface area (TPSA) is 121 Å². The second kappa shape index (κ2) is 11.2. The minimum Gasteiger partial charge on any atom is -0.496 e. The van der Waals surface area contributed by atoms with E-state index in [1.165, 1.54) is 17.8 Å². The summed E-state index contributed by atoms with van der Waals surface area (Å²) in [5.74, 6) is 0.886. The molecule has 0 spiro atoms. The van der Waals surface area contributed by atoms with Gasteiger partial charge in [0.15, 0.2) is 0 Å². The Labute approximate surface area is 214 Å². The van der Waals surface area contributed by atoms with Gasteiger partial charge in [0.05, 0.1) is 18.2 Å². The SMILES string of the molecule is COc1ccc(C=NNC(=O)C(C)n2nc(C)c([N+](=O)[O-])c2C)cc1COc1cc(C)c(Cl)c(C)c1. The van der Waals surface area contributed by atoms with Crippen LogP contribution in [-0.4, -0.2) is 33.9 Å². The van der Waals surface area contributed by atoms with Crippen molar-refractivity contribution in [3.05, 3.63) is 79.1 Å². The Morgan fingerprint density at radius 1 is 1.25 bits per heavy atom. The second-order valence-corrected chi connectivity index (χ2v) is 8.74. The molecule has 1 N–H and O–H groups in total. The number of methoxy groups -OCH3 is 1. The molecule has 0 saturated heterocycles. The van der Waals surface area contributed by atoms with Crippen LogP contribution in [-0.2, 0) is 11.4 Å². The maximum atomic E-state index is 12.6. The first-order valence-electron chi connectivity index (χ1n) is 11.1. The molecule has 2 aromatic carbocycles. The lowest BCUT2D eigenvalue weighted by Gasteiger charge is -2.13. The van der Waals surface area contributed by atoms with Crippen molar-refractivity contribution in [2.45, 2.75) is 47.3 Å². The van der Waals surface area contributed by atoms with Crippen molar-refractivity contribution in [3.8, 4) is 11.5 Å². The molecule has 0 aliphatic carbocycles. The van der Waals surface area contributed by atoms with Crippen LogP contribution in [0.5, 0.6) is 11.5 Å². The summed E-state index contributed by atoms with van der Waals surface area (Å²) in [4.78, 5) is 23.3. The summed E-state index contributed by atoms with van der Waals surface area (Å²) in [6.45, 7) is 8.78. The van der Waals surface area contributed by atoms with E-state index in [1.807, 2.05) is 32.0 Å². The van der Waals surface area contributed by atoms with Crippen LogP contribution >= 0.6 is 11.6 Å². The number of carbonyl (C=O) groups is 1. The maximum Gasteiger partial charge on any atom is 0.312 e. The summed E-state index contributed by atoms with van der Waals surface area (Å²) in [6, 6.07) is 8.39. The van der Waals surface area contributed by atoms with Crippen molar-refractivity contribution in [1.82, 2.24) is 15.2 Å². The van der Waals surface area contributed by atoms with Gasteiger partial charge in [-0.15, -0.1) is 0 Å². The lowest BCUT2D eigenvalue weighted by Crippen LogP contribution is -2.28. The zero-order valence-corrected chi connectivity index (χ0v) is 21.7. The molecular formula is C25H28ClN5O5. The first kappa shape index (κ1) is 26.7. The van der Waals surface area contributed by atoms with E-state index < -0.39 is 16.9 Å². The molecule has 0 saturated carbocycles. The van der Waals surface area contributed by atoms with Gasteiger partial charge in [0.2, 0.25) is 0 Å². The van der Waals surface area contributed by atoms with Gasteiger partial charge in [0.1, 0.15) is 35.5 Å². The summed E-state index contributed by atoms with van der Waals surface area (Å²) < 4.78 is 12.7. The molecule has 0 bridgehead atoms. The highest BCUT2D eigenvalue weighted by Crippen LogP contribution is 2.28. The minimum atomic E-state index is -0.791. The van der Waals surface area contributed by atoms with Crippen LogP contribution in [0, 0.1) is 37.8 Å². The number of hydrazone groups is 1. The van der Waals surface area contributed by atoms with E-state index in [2.05, 4.69) is 15.6 Å². The number of amides is 1. The minimum absolute atomic E-state index is 0.102. The lowest BCUT2D eigenvalue weighted by atomic mass is 10.1. The van der Waals surface area contributed by atoms with Crippen LogP contribution < -0.4 is 14.9 Å². The number of halogens is 1. The smallest absolute Gasteiger partial charge is 0.312 e. The van der Waals surface area contributed by atoms with Crippen molar-refractivity contribution >= 4 is 29.4 Å². The van der Waals surface area contributed by atoms with Gasteiger partial charge in [0, 0.05) is 10.6 Å². The molecule has 1 unspecified atom stereocenters. The standard InChI is InChI=1S/C25H28ClN5O5/c1-14-9-21(10-15(2)23(14)26)36-13-20-11-19(7-8-22(20)35-6)12-27-28-25(32)18(5)30-17(4)24(31(33)34)16(3)29-30/h7-12,18H,13H2,1-6H3,(H,28,32). The average molecular weight is 514 g/mol. The summed E-state index contributed by atoms with van der Waals surface area (Å²) in [7, 11) is 1.58. The number of aromatic nitrogens is 2. The van der Waals surface area contributed by atoms with E-state index in [1.54, 1.807) is 33.1 Å². The predicted octanol–water partition coefficient (Wildman–Crippen LogP) is 4.98. The van der Waals surface area contributed by atoms with Crippen LogP contribution in [0.2, 0.25) is 5.02 Å². The van der Waals surface area contributed by atoms with Gasteiger partial charge in [0.25, 0.3) is 5.91 Å². The number of aryl methyl sites for hydroxylation is 3. The van der Waals surface area contributed by atoms with E-state index in [-0.39, 0.29) is 18.0 Å². The van der Waals surface area contributed by atoms with Gasteiger partial charge in [-0.3, -0.25) is 19.6 Å². The van der Waals surface area contributed by atoms with E-state index >= 15 is 0 Å². The number of hydrogen-bond acceptors (Lipinski definition) is 7. The maximum absolute atomic E-state index is 12.6. The predicted molar refractivity (Wildman–Crippen MR) is 137 cm³/mol. The molecule has 1 heterocycles. The largest absolute Gasteiger partial charge is 0.496 e. The number of nitro groups is 1. The highest BCUT2D eigenvalue weighted by atomic mass is 35.5. The fourth-order valence-electron chi connectivity index (χ4n) is 3.81. The number of ether oxygens (including phenoxy) is 2. The zero-order chi connectivity index (χ0) is 26.6. The van der Waals surface area contributed by atoms with Gasteiger partial charge in [-0.1, -0.05) is 11.6 Å².